The lowest BCUT2D eigenvalue weighted by Gasteiger charge is -2.38. The van der Waals surface area contributed by atoms with Crippen LogP contribution in [-0.2, 0) is 16.9 Å². The number of carboxylic acid groups (broad SMARTS) is 1. The van der Waals surface area contributed by atoms with Crippen molar-refractivity contribution in [3.05, 3.63) is 29.3 Å². The van der Waals surface area contributed by atoms with E-state index in [1.165, 1.54) is 7.11 Å². The Labute approximate surface area is 99.2 Å². The first kappa shape index (κ1) is 11.9. The van der Waals surface area contributed by atoms with E-state index in [-0.39, 0.29) is 0 Å². The summed E-state index contributed by atoms with van der Waals surface area (Å²) < 4.78 is 17.9. The van der Waals surface area contributed by atoms with Crippen molar-refractivity contribution in [3.63, 3.8) is 0 Å². The van der Waals surface area contributed by atoms with E-state index in [2.05, 4.69) is 0 Å². The van der Waals surface area contributed by atoms with E-state index in [0.717, 1.165) is 6.42 Å². The fraction of sp³-hybridized carbons (Fsp3) is 0.462. The molecule has 0 spiro atoms. The van der Waals surface area contributed by atoms with Crippen LogP contribution in [0.4, 0.5) is 4.39 Å². The normalized spacial score (nSPS) is 17.3. The Morgan fingerprint density at radius 2 is 2.24 bits per heavy atom. The van der Waals surface area contributed by atoms with Gasteiger partial charge in [0.1, 0.15) is 12.4 Å². The van der Waals surface area contributed by atoms with Crippen molar-refractivity contribution >= 4 is 5.97 Å². The number of carboxylic acids is 1. The first-order valence-corrected chi connectivity index (χ1v) is 5.61. The number of alkyl halides is 1. The molecule has 1 aliphatic rings. The first-order chi connectivity index (χ1) is 8.14. The molecule has 17 heavy (non-hydrogen) atoms. The predicted molar refractivity (Wildman–Crippen MR) is 61.0 cm³/mol. The monoisotopic (exact) mass is 238 g/mol. The lowest BCUT2D eigenvalue weighted by Crippen LogP contribution is -2.42. The average Bonchev–Trinajstić information content (AvgIpc) is 2.26. The second-order valence-corrected chi connectivity index (χ2v) is 4.40. The Morgan fingerprint density at radius 1 is 1.53 bits per heavy atom. The minimum Gasteiger partial charge on any atom is -0.496 e. The minimum absolute atomic E-state index is 0.414. The second-order valence-electron chi connectivity index (χ2n) is 4.40. The summed E-state index contributed by atoms with van der Waals surface area (Å²) in [4.78, 5) is 11.3. The van der Waals surface area contributed by atoms with Crippen LogP contribution in [0.15, 0.2) is 18.2 Å². The minimum atomic E-state index is -0.821. The van der Waals surface area contributed by atoms with Crippen LogP contribution in [-0.4, -0.2) is 18.2 Å². The van der Waals surface area contributed by atoms with Crippen molar-refractivity contribution in [1.29, 1.82) is 0 Å². The second kappa shape index (κ2) is 4.35. The molecule has 0 aromatic heterocycles. The molecule has 0 bridgehead atoms. The number of hydrogen-bond donors (Lipinski definition) is 1. The summed E-state index contributed by atoms with van der Waals surface area (Å²) in [5, 5.41) is 9.30. The number of halogens is 1. The van der Waals surface area contributed by atoms with Gasteiger partial charge in [0.2, 0.25) is 0 Å². The summed E-state index contributed by atoms with van der Waals surface area (Å²) in [6, 6.07) is 4.99. The lowest BCUT2D eigenvalue weighted by molar-refractivity contribution is -0.147. The third-order valence-electron chi connectivity index (χ3n) is 3.59. The van der Waals surface area contributed by atoms with Gasteiger partial charge in [-0.1, -0.05) is 12.5 Å². The molecule has 3 nitrogen and oxygen atoms in total. The molecule has 1 fully saturated rings. The third kappa shape index (κ3) is 1.77. The van der Waals surface area contributed by atoms with Gasteiger partial charge in [-0.2, -0.15) is 0 Å². The van der Waals surface area contributed by atoms with Crippen LogP contribution >= 0.6 is 0 Å². The van der Waals surface area contributed by atoms with Gasteiger partial charge in [-0.15, -0.1) is 0 Å². The van der Waals surface area contributed by atoms with Gasteiger partial charge in [-0.3, -0.25) is 4.79 Å². The highest BCUT2D eigenvalue weighted by Gasteiger charge is 2.46. The van der Waals surface area contributed by atoms with Crippen LogP contribution in [0.5, 0.6) is 5.75 Å². The molecule has 2 rings (SSSR count). The zero-order chi connectivity index (χ0) is 12.5. The number of hydrogen-bond acceptors (Lipinski definition) is 2. The maximum absolute atomic E-state index is 12.8. The van der Waals surface area contributed by atoms with Crippen molar-refractivity contribution in [2.24, 2.45) is 0 Å². The van der Waals surface area contributed by atoms with Crippen LogP contribution in [0.1, 0.15) is 30.4 Å². The molecule has 0 unspecified atom stereocenters. The maximum Gasteiger partial charge on any atom is 0.314 e. The largest absolute Gasteiger partial charge is 0.496 e. The third-order valence-corrected chi connectivity index (χ3v) is 3.59. The predicted octanol–water partition coefficient (Wildman–Crippen LogP) is 2.67. The van der Waals surface area contributed by atoms with Gasteiger partial charge >= 0.3 is 5.97 Å². The zero-order valence-electron chi connectivity index (χ0n) is 9.70. The summed E-state index contributed by atoms with van der Waals surface area (Å²) in [7, 11) is 1.48. The Hall–Kier alpha value is -1.58. The summed E-state index contributed by atoms with van der Waals surface area (Å²) in [5.74, 6) is -0.352. The number of carbonyl (C=O) groups is 1. The average molecular weight is 238 g/mol. The molecule has 0 atom stereocenters. The Bertz CT molecular complexity index is 438. The van der Waals surface area contributed by atoms with Gasteiger partial charge in [0, 0.05) is 5.56 Å². The van der Waals surface area contributed by atoms with E-state index in [9.17, 15) is 14.3 Å². The number of aliphatic carboxylic acids is 1. The summed E-state index contributed by atoms with van der Waals surface area (Å²) in [6.45, 7) is -0.646. The van der Waals surface area contributed by atoms with Crippen LogP contribution < -0.4 is 4.74 Å². The Balaban J connectivity index is 2.42. The van der Waals surface area contributed by atoms with Crippen molar-refractivity contribution in [3.8, 4) is 5.75 Å². The maximum atomic E-state index is 12.8. The Kier molecular flexibility index (Phi) is 3.05. The number of benzene rings is 1. The van der Waals surface area contributed by atoms with Gasteiger partial charge < -0.3 is 9.84 Å². The molecule has 1 aliphatic carbocycles. The first-order valence-electron chi connectivity index (χ1n) is 5.61. The zero-order valence-corrected chi connectivity index (χ0v) is 9.70. The fourth-order valence-corrected chi connectivity index (χ4v) is 2.34. The lowest BCUT2D eigenvalue weighted by atomic mass is 9.64. The van der Waals surface area contributed by atoms with Crippen LogP contribution in [0, 0.1) is 0 Å². The van der Waals surface area contributed by atoms with Crippen molar-refractivity contribution in [1.82, 2.24) is 0 Å². The molecular weight excluding hydrogens is 223 g/mol. The molecule has 1 aromatic carbocycles. The van der Waals surface area contributed by atoms with Gasteiger partial charge in [0.05, 0.1) is 12.5 Å². The molecule has 0 heterocycles. The quantitative estimate of drug-likeness (QED) is 0.877. The van der Waals surface area contributed by atoms with Crippen molar-refractivity contribution in [2.75, 3.05) is 7.11 Å². The number of rotatable bonds is 4. The van der Waals surface area contributed by atoms with E-state index < -0.39 is 18.1 Å². The molecule has 0 amide bonds. The van der Waals surface area contributed by atoms with Gasteiger partial charge in [0.25, 0.3) is 0 Å². The standard InChI is InChI=1S/C13H15FO3/c1-17-11-4-3-10(7-9(11)8-14)13(12(15)16)5-2-6-13/h3-4,7H,2,5-6,8H2,1H3,(H,15,16). The van der Waals surface area contributed by atoms with E-state index >= 15 is 0 Å². The Morgan fingerprint density at radius 3 is 2.65 bits per heavy atom. The van der Waals surface area contributed by atoms with Crippen LogP contribution in [0.25, 0.3) is 0 Å². The number of ether oxygens (including phenoxy) is 1. The molecule has 1 saturated carbocycles. The molecule has 1 aromatic rings. The molecular formula is C13H15FO3. The molecule has 0 radical (unpaired) electrons. The van der Waals surface area contributed by atoms with Gasteiger partial charge in [0.15, 0.2) is 0 Å². The topological polar surface area (TPSA) is 46.5 Å². The van der Waals surface area contributed by atoms with E-state index in [0.29, 0.717) is 29.7 Å². The van der Waals surface area contributed by atoms with Gasteiger partial charge in [-0.05, 0) is 30.5 Å². The summed E-state index contributed by atoms with van der Waals surface area (Å²) in [5.41, 5.74) is 0.290. The molecule has 92 valence electrons. The van der Waals surface area contributed by atoms with Crippen LogP contribution in [0.2, 0.25) is 0 Å². The van der Waals surface area contributed by atoms with E-state index in [4.69, 9.17) is 4.74 Å². The van der Waals surface area contributed by atoms with Crippen LogP contribution in [0.3, 0.4) is 0 Å². The van der Waals surface area contributed by atoms with E-state index in [1.807, 2.05) is 0 Å². The fourth-order valence-electron chi connectivity index (χ4n) is 2.34. The molecule has 1 N–H and O–H groups in total. The van der Waals surface area contributed by atoms with Crippen molar-refractivity contribution < 1.29 is 19.0 Å². The highest BCUT2D eigenvalue weighted by atomic mass is 19.1. The smallest absolute Gasteiger partial charge is 0.314 e. The highest BCUT2D eigenvalue weighted by molar-refractivity contribution is 5.82. The summed E-state index contributed by atoms with van der Waals surface area (Å²) in [6.07, 6.45) is 2.16. The highest BCUT2D eigenvalue weighted by Crippen LogP contribution is 2.45. The molecule has 4 heteroatoms. The van der Waals surface area contributed by atoms with E-state index in [1.54, 1.807) is 18.2 Å². The summed E-state index contributed by atoms with van der Waals surface area (Å²) >= 11 is 0. The SMILES string of the molecule is COc1ccc(C2(C(=O)O)CCC2)cc1CF. The number of methoxy groups -OCH3 is 1. The molecule has 0 saturated heterocycles. The van der Waals surface area contributed by atoms with Crippen molar-refractivity contribution in [2.45, 2.75) is 31.4 Å². The molecule has 0 aliphatic heterocycles. The van der Waals surface area contributed by atoms with Gasteiger partial charge in [-0.25, -0.2) is 4.39 Å².